The molecular formula is C11H13O2Si. The average molecular weight is 205 g/mol. The van der Waals surface area contributed by atoms with Gasteiger partial charge in [0.15, 0.2) is 5.78 Å². The minimum Gasteiger partial charge on any atom is -0.412 e. The number of hydrogen-bond donors (Lipinski definition) is 0. The average Bonchev–Trinajstić information content (AvgIpc) is 2.27. The van der Waals surface area contributed by atoms with E-state index in [1.807, 2.05) is 38.1 Å². The van der Waals surface area contributed by atoms with Crippen LogP contribution in [0.1, 0.15) is 42.3 Å². The number of hydrogen-bond acceptors (Lipinski definition) is 2. The highest BCUT2D eigenvalue weighted by molar-refractivity contribution is 5.99. The number of carbonyl (C=O) groups excluding carboxylic acids is 1. The van der Waals surface area contributed by atoms with E-state index < -0.39 is 0 Å². The standard InChI is InChI=1S/C11H13O2Si/c1-3-11(12)10-7-5-4-6-9(10)8(2)13-14/h4-8H,3H2,1-2H3. The third-order valence-corrected chi connectivity index (χ3v) is 2.55. The normalized spacial score (nSPS) is 12.5. The Balaban J connectivity index is 3.09. The van der Waals surface area contributed by atoms with Crippen molar-refractivity contribution < 1.29 is 9.22 Å². The lowest BCUT2D eigenvalue weighted by Gasteiger charge is -2.13. The second kappa shape index (κ2) is 5.07. The van der Waals surface area contributed by atoms with E-state index in [1.54, 1.807) is 0 Å². The minimum atomic E-state index is -0.113. The molecule has 0 bridgehead atoms. The van der Waals surface area contributed by atoms with Crippen molar-refractivity contribution in [2.24, 2.45) is 0 Å². The first kappa shape index (κ1) is 11.1. The molecule has 0 aromatic heterocycles. The van der Waals surface area contributed by atoms with Crippen molar-refractivity contribution in [3.05, 3.63) is 35.4 Å². The summed E-state index contributed by atoms with van der Waals surface area (Å²) in [7, 11) is 2.99. The number of rotatable bonds is 4. The molecule has 0 saturated carbocycles. The first-order chi connectivity index (χ1) is 6.70. The van der Waals surface area contributed by atoms with Crippen LogP contribution >= 0.6 is 0 Å². The molecule has 1 atom stereocenters. The Morgan fingerprint density at radius 1 is 1.50 bits per heavy atom. The van der Waals surface area contributed by atoms with Crippen LogP contribution in [-0.4, -0.2) is 16.3 Å². The highest BCUT2D eigenvalue weighted by atomic mass is 28.2. The van der Waals surface area contributed by atoms with Gasteiger partial charge in [-0.3, -0.25) is 4.79 Å². The van der Waals surface area contributed by atoms with E-state index in [0.717, 1.165) is 11.1 Å². The third kappa shape index (κ3) is 2.30. The smallest absolute Gasteiger partial charge is 0.247 e. The molecule has 0 aliphatic carbocycles. The number of Topliss-reactive ketones (excluding diaryl/α,β-unsaturated/α-hetero) is 1. The monoisotopic (exact) mass is 205 g/mol. The molecule has 1 unspecified atom stereocenters. The minimum absolute atomic E-state index is 0.113. The van der Waals surface area contributed by atoms with Gasteiger partial charge in [-0.1, -0.05) is 31.2 Å². The third-order valence-electron chi connectivity index (χ3n) is 2.20. The van der Waals surface area contributed by atoms with Crippen LogP contribution in [0.4, 0.5) is 0 Å². The topological polar surface area (TPSA) is 26.3 Å². The van der Waals surface area contributed by atoms with Gasteiger partial charge in [-0.25, -0.2) is 0 Å². The van der Waals surface area contributed by atoms with Gasteiger partial charge in [-0.2, -0.15) is 0 Å². The summed E-state index contributed by atoms with van der Waals surface area (Å²) in [5.41, 5.74) is 1.68. The quantitative estimate of drug-likeness (QED) is 0.557. The van der Waals surface area contributed by atoms with Crippen LogP contribution in [0.5, 0.6) is 0 Å². The highest BCUT2D eigenvalue weighted by Gasteiger charge is 2.13. The molecule has 0 spiro atoms. The van der Waals surface area contributed by atoms with Gasteiger partial charge in [0.05, 0.1) is 6.10 Å². The van der Waals surface area contributed by atoms with Gasteiger partial charge in [-0.05, 0) is 12.5 Å². The Hall–Kier alpha value is -0.933. The summed E-state index contributed by atoms with van der Waals surface area (Å²) in [6.07, 6.45) is 0.407. The summed E-state index contributed by atoms with van der Waals surface area (Å²) >= 11 is 0. The van der Waals surface area contributed by atoms with Crippen LogP contribution in [0.15, 0.2) is 24.3 Å². The zero-order chi connectivity index (χ0) is 10.6. The maximum absolute atomic E-state index is 11.6. The molecule has 0 amide bonds. The van der Waals surface area contributed by atoms with Crippen LogP contribution in [-0.2, 0) is 4.43 Å². The van der Waals surface area contributed by atoms with E-state index in [9.17, 15) is 4.79 Å². The Labute approximate surface area is 87.8 Å². The van der Waals surface area contributed by atoms with Gasteiger partial charge in [0, 0.05) is 12.0 Å². The summed E-state index contributed by atoms with van der Waals surface area (Å²) < 4.78 is 5.02. The Bertz CT molecular complexity index is 323. The zero-order valence-corrected chi connectivity index (χ0v) is 9.41. The molecule has 1 rings (SSSR count). The van der Waals surface area contributed by atoms with Gasteiger partial charge < -0.3 is 4.43 Å². The maximum atomic E-state index is 11.6. The molecule has 3 heteroatoms. The van der Waals surface area contributed by atoms with Gasteiger partial charge in [0.25, 0.3) is 0 Å². The second-order valence-corrected chi connectivity index (χ2v) is 3.36. The fourth-order valence-corrected chi connectivity index (χ4v) is 1.49. The first-order valence-electron chi connectivity index (χ1n) is 4.65. The first-order valence-corrected chi connectivity index (χ1v) is 5.06. The van der Waals surface area contributed by atoms with Crippen molar-refractivity contribution in [2.45, 2.75) is 26.4 Å². The van der Waals surface area contributed by atoms with Crippen molar-refractivity contribution in [3.63, 3.8) is 0 Å². The van der Waals surface area contributed by atoms with E-state index in [-0.39, 0.29) is 11.9 Å². The van der Waals surface area contributed by atoms with Gasteiger partial charge in [0.2, 0.25) is 10.5 Å². The molecule has 3 radical (unpaired) electrons. The molecule has 0 heterocycles. The van der Waals surface area contributed by atoms with Crippen LogP contribution in [0.2, 0.25) is 0 Å². The molecule has 0 aliphatic rings. The van der Waals surface area contributed by atoms with E-state index in [2.05, 4.69) is 10.5 Å². The molecule has 0 fully saturated rings. The molecule has 14 heavy (non-hydrogen) atoms. The van der Waals surface area contributed by atoms with Crippen molar-refractivity contribution in [1.82, 2.24) is 0 Å². The second-order valence-electron chi connectivity index (χ2n) is 3.12. The molecule has 73 valence electrons. The summed E-state index contributed by atoms with van der Waals surface area (Å²) in [4.78, 5) is 11.6. The van der Waals surface area contributed by atoms with E-state index >= 15 is 0 Å². The molecule has 2 nitrogen and oxygen atoms in total. The van der Waals surface area contributed by atoms with Crippen molar-refractivity contribution in [2.75, 3.05) is 0 Å². The van der Waals surface area contributed by atoms with Crippen molar-refractivity contribution >= 4 is 16.3 Å². The molecule has 1 aromatic carbocycles. The Morgan fingerprint density at radius 3 is 2.71 bits per heavy atom. The van der Waals surface area contributed by atoms with Crippen LogP contribution < -0.4 is 0 Å². The summed E-state index contributed by atoms with van der Waals surface area (Å²) in [6, 6.07) is 7.52. The van der Waals surface area contributed by atoms with Crippen LogP contribution in [0.3, 0.4) is 0 Å². The SMILES string of the molecule is CCC(=O)c1ccccc1C(C)O[Si]. The molecule has 0 saturated heterocycles. The summed E-state index contributed by atoms with van der Waals surface area (Å²) in [5, 5.41) is 0. The zero-order valence-electron chi connectivity index (χ0n) is 8.41. The lowest BCUT2D eigenvalue weighted by molar-refractivity contribution is 0.0984. The summed E-state index contributed by atoms with van der Waals surface area (Å²) in [6.45, 7) is 3.76. The number of benzene rings is 1. The lowest BCUT2D eigenvalue weighted by atomic mass is 9.99. The Kier molecular flexibility index (Phi) is 4.04. The molecule has 1 aromatic rings. The van der Waals surface area contributed by atoms with Crippen LogP contribution in [0.25, 0.3) is 0 Å². The van der Waals surface area contributed by atoms with Gasteiger partial charge in [-0.15, -0.1) is 0 Å². The molecule has 0 N–H and O–H groups in total. The van der Waals surface area contributed by atoms with Crippen molar-refractivity contribution in [3.8, 4) is 0 Å². The van der Waals surface area contributed by atoms with E-state index in [0.29, 0.717) is 6.42 Å². The fraction of sp³-hybridized carbons (Fsp3) is 0.364. The number of carbonyl (C=O) groups is 1. The van der Waals surface area contributed by atoms with E-state index in [4.69, 9.17) is 4.43 Å². The largest absolute Gasteiger partial charge is 0.412 e. The predicted octanol–water partition coefficient (Wildman–Crippen LogP) is 2.44. The maximum Gasteiger partial charge on any atom is 0.247 e. The fourth-order valence-electron chi connectivity index (χ4n) is 1.36. The van der Waals surface area contributed by atoms with Gasteiger partial charge in [0.1, 0.15) is 0 Å². The van der Waals surface area contributed by atoms with Crippen molar-refractivity contribution in [1.29, 1.82) is 0 Å². The molecular weight excluding hydrogens is 192 g/mol. The van der Waals surface area contributed by atoms with Gasteiger partial charge >= 0.3 is 0 Å². The lowest BCUT2D eigenvalue weighted by Crippen LogP contribution is -2.06. The molecule has 0 aliphatic heterocycles. The number of ketones is 1. The Morgan fingerprint density at radius 2 is 2.14 bits per heavy atom. The van der Waals surface area contributed by atoms with E-state index in [1.165, 1.54) is 0 Å². The highest BCUT2D eigenvalue weighted by Crippen LogP contribution is 2.21. The predicted molar refractivity (Wildman–Crippen MR) is 56.3 cm³/mol. The summed E-state index contributed by atoms with van der Waals surface area (Å²) in [5.74, 6) is 0.149. The van der Waals surface area contributed by atoms with Crippen LogP contribution in [0, 0.1) is 0 Å².